The molecular weight excluding hydrogens is 170 g/mol. The lowest BCUT2D eigenvalue weighted by atomic mass is 10.3. The Labute approximate surface area is 73.6 Å². The summed E-state index contributed by atoms with van der Waals surface area (Å²) in [7, 11) is 1.53. The van der Waals surface area contributed by atoms with E-state index in [1.807, 2.05) is 0 Å². The Hall–Kier alpha value is -1.91. The molecule has 0 N–H and O–H groups in total. The fourth-order valence-electron chi connectivity index (χ4n) is 0.952. The van der Waals surface area contributed by atoms with Crippen LogP contribution < -0.4 is 5.76 Å². The summed E-state index contributed by atoms with van der Waals surface area (Å²) >= 11 is 0. The lowest BCUT2D eigenvalue weighted by molar-refractivity contribution is 0.505. The quantitative estimate of drug-likeness (QED) is 0.634. The van der Waals surface area contributed by atoms with Gasteiger partial charge in [-0.25, -0.2) is 4.79 Å². The van der Waals surface area contributed by atoms with Crippen molar-refractivity contribution >= 4 is 0 Å². The molecule has 0 fully saturated rings. The predicted octanol–water partition coefficient (Wildman–Crippen LogP) is 0.435. The van der Waals surface area contributed by atoms with Gasteiger partial charge in [-0.3, -0.25) is 4.98 Å². The van der Waals surface area contributed by atoms with Crippen molar-refractivity contribution in [2.75, 3.05) is 0 Å². The third kappa shape index (κ3) is 1.35. The number of nitrogens with zero attached hydrogens (tertiary/aromatic N) is 3. The zero-order chi connectivity index (χ0) is 9.26. The van der Waals surface area contributed by atoms with Crippen LogP contribution in [-0.2, 0) is 7.05 Å². The van der Waals surface area contributed by atoms with Crippen molar-refractivity contribution < 1.29 is 4.42 Å². The average molecular weight is 177 g/mol. The number of pyridine rings is 1. The number of hydrogen-bond acceptors (Lipinski definition) is 4. The van der Waals surface area contributed by atoms with Crippen molar-refractivity contribution in [3.8, 4) is 11.5 Å². The third-order valence-corrected chi connectivity index (χ3v) is 1.60. The molecule has 13 heavy (non-hydrogen) atoms. The van der Waals surface area contributed by atoms with Gasteiger partial charge < -0.3 is 4.42 Å². The van der Waals surface area contributed by atoms with E-state index in [0.717, 1.165) is 4.68 Å². The van der Waals surface area contributed by atoms with Gasteiger partial charge in [-0.1, -0.05) is 0 Å². The summed E-state index contributed by atoms with van der Waals surface area (Å²) in [6.45, 7) is 0. The summed E-state index contributed by atoms with van der Waals surface area (Å²) in [5, 5.41) is 3.88. The first kappa shape index (κ1) is 7.72. The largest absolute Gasteiger partial charge is 0.437 e. The first-order valence-electron chi connectivity index (χ1n) is 3.72. The molecular formula is C8H7N3O2. The topological polar surface area (TPSA) is 60.9 Å². The van der Waals surface area contributed by atoms with E-state index >= 15 is 0 Å². The van der Waals surface area contributed by atoms with E-state index < -0.39 is 5.76 Å². The zero-order valence-electron chi connectivity index (χ0n) is 6.97. The minimum atomic E-state index is -0.473. The Balaban J connectivity index is 2.54. The van der Waals surface area contributed by atoms with Crippen LogP contribution in [0.25, 0.3) is 11.5 Å². The molecule has 5 heteroatoms. The Morgan fingerprint density at radius 1 is 1.54 bits per heavy atom. The van der Waals surface area contributed by atoms with Gasteiger partial charge in [-0.2, -0.15) is 4.68 Å². The lowest BCUT2D eigenvalue weighted by Crippen LogP contribution is -2.09. The molecule has 0 radical (unpaired) electrons. The number of aryl methyl sites for hydroxylation is 1. The van der Waals surface area contributed by atoms with Gasteiger partial charge in [0.15, 0.2) is 0 Å². The average Bonchev–Trinajstić information content (AvgIpc) is 2.49. The van der Waals surface area contributed by atoms with Gasteiger partial charge in [0.1, 0.15) is 0 Å². The SMILES string of the molecule is Cn1nc(-c2cccnc2)oc1=O. The maximum atomic E-state index is 10.9. The summed E-state index contributed by atoms with van der Waals surface area (Å²) < 4.78 is 6.00. The van der Waals surface area contributed by atoms with Gasteiger partial charge in [0.2, 0.25) is 0 Å². The van der Waals surface area contributed by atoms with E-state index in [-0.39, 0.29) is 0 Å². The van der Waals surface area contributed by atoms with Crippen molar-refractivity contribution in [3.63, 3.8) is 0 Å². The van der Waals surface area contributed by atoms with Crippen LogP contribution in [0.15, 0.2) is 33.7 Å². The Morgan fingerprint density at radius 2 is 2.38 bits per heavy atom. The molecule has 0 aliphatic rings. The van der Waals surface area contributed by atoms with Gasteiger partial charge in [0.25, 0.3) is 5.89 Å². The second kappa shape index (κ2) is 2.85. The Bertz CT molecular complexity index is 458. The number of aromatic nitrogens is 3. The van der Waals surface area contributed by atoms with Crippen LogP contribution in [0.3, 0.4) is 0 Å². The van der Waals surface area contributed by atoms with Crippen molar-refractivity contribution in [2.24, 2.45) is 7.05 Å². The highest BCUT2D eigenvalue weighted by atomic mass is 16.4. The fraction of sp³-hybridized carbons (Fsp3) is 0.125. The van der Waals surface area contributed by atoms with E-state index in [0.29, 0.717) is 11.5 Å². The maximum Gasteiger partial charge on any atom is 0.437 e. The van der Waals surface area contributed by atoms with Crippen LogP contribution in [-0.4, -0.2) is 14.8 Å². The molecule has 0 atom stereocenters. The molecule has 2 aromatic rings. The van der Waals surface area contributed by atoms with Crippen LogP contribution in [0.5, 0.6) is 0 Å². The van der Waals surface area contributed by atoms with Gasteiger partial charge in [0.05, 0.1) is 5.56 Å². The second-order valence-electron chi connectivity index (χ2n) is 2.54. The number of rotatable bonds is 1. The maximum absolute atomic E-state index is 10.9. The first-order valence-corrected chi connectivity index (χ1v) is 3.72. The van der Waals surface area contributed by atoms with Crippen LogP contribution in [0, 0.1) is 0 Å². The monoisotopic (exact) mass is 177 g/mol. The molecule has 0 aliphatic carbocycles. The summed E-state index contributed by atoms with van der Waals surface area (Å²) in [6.07, 6.45) is 3.23. The molecule has 2 heterocycles. The highest BCUT2D eigenvalue weighted by Gasteiger charge is 2.06. The van der Waals surface area contributed by atoms with Gasteiger partial charge in [-0.05, 0) is 12.1 Å². The van der Waals surface area contributed by atoms with Crippen LogP contribution in [0.4, 0.5) is 0 Å². The second-order valence-corrected chi connectivity index (χ2v) is 2.54. The van der Waals surface area contributed by atoms with Crippen molar-refractivity contribution in [2.45, 2.75) is 0 Å². The lowest BCUT2D eigenvalue weighted by Gasteiger charge is -1.89. The molecule has 2 rings (SSSR count). The van der Waals surface area contributed by atoms with E-state index in [4.69, 9.17) is 4.42 Å². The molecule has 2 aromatic heterocycles. The van der Waals surface area contributed by atoms with Crippen molar-refractivity contribution in [1.82, 2.24) is 14.8 Å². The molecule has 0 saturated carbocycles. The fourth-order valence-corrected chi connectivity index (χ4v) is 0.952. The molecule has 5 nitrogen and oxygen atoms in total. The molecule has 0 aliphatic heterocycles. The molecule has 0 spiro atoms. The summed E-state index contributed by atoms with van der Waals surface area (Å²) in [6, 6.07) is 3.53. The van der Waals surface area contributed by atoms with Gasteiger partial charge in [-0.15, -0.1) is 5.10 Å². The summed E-state index contributed by atoms with van der Waals surface area (Å²) in [5.41, 5.74) is 0.695. The van der Waals surface area contributed by atoms with Crippen LogP contribution in [0.2, 0.25) is 0 Å². The molecule has 0 bridgehead atoms. The van der Waals surface area contributed by atoms with E-state index in [1.165, 1.54) is 7.05 Å². The van der Waals surface area contributed by atoms with E-state index in [2.05, 4.69) is 10.1 Å². The first-order chi connectivity index (χ1) is 6.27. The molecule has 0 aromatic carbocycles. The smallest absolute Gasteiger partial charge is 0.388 e. The molecule has 0 saturated heterocycles. The highest BCUT2D eigenvalue weighted by molar-refractivity contribution is 5.49. The number of hydrogen-bond donors (Lipinski definition) is 0. The van der Waals surface area contributed by atoms with E-state index in [9.17, 15) is 4.79 Å². The summed E-state index contributed by atoms with van der Waals surface area (Å²) in [5.74, 6) is -0.181. The van der Waals surface area contributed by atoms with Crippen molar-refractivity contribution in [1.29, 1.82) is 0 Å². The minimum Gasteiger partial charge on any atom is -0.388 e. The molecule has 66 valence electrons. The Kier molecular flexibility index (Phi) is 1.70. The molecule has 0 amide bonds. The van der Waals surface area contributed by atoms with E-state index in [1.54, 1.807) is 24.5 Å². The van der Waals surface area contributed by atoms with Gasteiger partial charge in [0, 0.05) is 19.4 Å². The zero-order valence-corrected chi connectivity index (χ0v) is 6.97. The third-order valence-electron chi connectivity index (χ3n) is 1.60. The minimum absolute atomic E-state index is 0.292. The highest BCUT2D eigenvalue weighted by Crippen LogP contribution is 2.11. The van der Waals surface area contributed by atoms with Gasteiger partial charge >= 0.3 is 5.76 Å². The summed E-state index contributed by atoms with van der Waals surface area (Å²) in [4.78, 5) is 14.8. The molecule has 0 unspecified atom stereocenters. The standard InChI is InChI=1S/C8H7N3O2/c1-11-8(12)13-7(10-11)6-3-2-4-9-5-6/h2-5H,1H3. The van der Waals surface area contributed by atoms with Crippen LogP contribution >= 0.6 is 0 Å². The van der Waals surface area contributed by atoms with Crippen LogP contribution in [0.1, 0.15) is 0 Å². The normalized spacial score (nSPS) is 10.2. The Morgan fingerprint density at radius 3 is 2.92 bits per heavy atom. The predicted molar refractivity (Wildman–Crippen MR) is 45.0 cm³/mol. The van der Waals surface area contributed by atoms with Crippen molar-refractivity contribution in [3.05, 3.63) is 35.1 Å².